The van der Waals surface area contributed by atoms with Gasteiger partial charge in [-0.3, -0.25) is 14.5 Å². The molecule has 2 aromatic heterocycles. The number of nitrogens with zero attached hydrogens (tertiary/aromatic N) is 4. The van der Waals surface area contributed by atoms with Gasteiger partial charge in [0.05, 0.1) is 10.6 Å². The molecule has 1 saturated carbocycles. The van der Waals surface area contributed by atoms with E-state index in [0.29, 0.717) is 15.7 Å². The van der Waals surface area contributed by atoms with Gasteiger partial charge in [-0.05, 0) is 32.8 Å². The zero-order valence-electron chi connectivity index (χ0n) is 14.1. The number of amides is 1. The van der Waals surface area contributed by atoms with Crippen LogP contribution in [0.1, 0.15) is 58.6 Å². The van der Waals surface area contributed by atoms with E-state index in [-0.39, 0.29) is 23.4 Å². The normalized spacial score (nSPS) is 15.0. The summed E-state index contributed by atoms with van der Waals surface area (Å²) in [6.45, 7) is 4.83. The van der Waals surface area contributed by atoms with E-state index in [9.17, 15) is 19.5 Å². The molecule has 1 amide bonds. The van der Waals surface area contributed by atoms with E-state index in [1.165, 1.54) is 35.2 Å². The number of aromatic carboxylic acids is 1. The van der Waals surface area contributed by atoms with E-state index >= 15 is 0 Å². The predicted molar refractivity (Wildman–Crippen MR) is 91.3 cm³/mol. The maximum absolute atomic E-state index is 13.0. The minimum absolute atomic E-state index is 0.0316. The van der Waals surface area contributed by atoms with E-state index in [1.54, 1.807) is 18.7 Å². The van der Waals surface area contributed by atoms with Crippen molar-refractivity contribution in [3.05, 3.63) is 28.5 Å². The van der Waals surface area contributed by atoms with Crippen LogP contribution in [0.2, 0.25) is 0 Å². The minimum atomic E-state index is -1.14. The number of ketones is 1. The monoisotopic (exact) mass is 362 g/mol. The Labute approximate surface area is 148 Å². The van der Waals surface area contributed by atoms with Crippen molar-refractivity contribution >= 4 is 34.1 Å². The molecule has 1 N–H and O–H groups in total. The van der Waals surface area contributed by atoms with Crippen LogP contribution in [0, 0.1) is 6.92 Å². The molecule has 0 bridgehead atoms. The smallest absolute Gasteiger partial charge is 0.354 e. The van der Waals surface area contributed by atoms with Crippen LogP contribution < -0.4 is 4.90 Å². The topological polar surface area (TPSA) is 105 Å². The Hall–Kier alpha value is -2.55. The van der Waals surface area contributed by atoms with Gasteiger partial charge in [-0.1, -0.05) is 11.3 Å². The number of carboxylic acid groups (broad SMARTS) is 1. The molecule has 1 atom stereocenters. The van der Waals surface area contributed by atoms with Gasteiger partial charge in [0.15, 0.2) is 10.9 Å². The molecular formula is C16H18N4O4S. The van der Waals surface area contributed by atoms with Crippen LogP contribution in [-0.4, -0.2) is 43.6 Å². The SMILES string of the molecule is CC(=O)c1sc(N(C(=O)C(C)n2nccc2C(=O)O)C2CC2)nc1C. The van der Waals surface area contributed by atoms with Gasteiger partial charge in [0.2, 0.25) is 0 Å². The number of thiazole rings is 1. The largest absolute Gasteiger partial charge is 0.477 e. The zero-order chi connectivity index (χ0) is 18.3. The first-order chi connectivity index (χ1) is 11.8. The molecule has 1 aliphatic carbocycles. The summed E-state index contributed by atoms with van der Waals surface area (Å²) >= 11 is 1.20. The van der Waals surface area contributed by atoms with Gasteiger partial charge in [0, 0.05) is 19.2 Å². The number of carboxylic acids is 1. The molecule has 2 aromatic rings. The van der Waals surface area contributed by atoms with Gasteiger partial charge in [0.25, 0.3) is 5.91 Å². The summed E-state index contributed by atoms with van der Waals surface area (Å²) in [5.41, 5.74) is 0.556. The molecular weight excluding hydrogens is 344 g/mol. The number of aryl methyl sites for hydroxylation is 1. The predicted octanol–water partition coefficient (Wildman–Crippen LogP) is 2.31. The zero-order valence-corrected chi connectivity index (χ0v) is 14.9. The van der Waals surface area contributed by atoms with Crippen LogP contribution in [0.4, 0.5) is 5.13 Å². The summed E-state index contributed by atoms with van der Waals surface area (Å²) in [5, 5.41) is 13.7. The summed E-state index contributed by atoms with van der Waals surface area (Å²) < 4.78 is 1.20. The van der Waals surface area contributed by atoms with Crippen molar-refractivity contribution in [3.63, 3.8) is 0 Å². The summed E-state index contributed by atoms with van der Waals surface area (Å²) in [6.07, 6.45) is 3.07. The molecule has 8 nitrogen and oxygen atoms in total. The van der Waals surface area contributed by atoms with E-state index in [1.807, 2.05) is 0 Å². The van der Waals surface area contributed by atoms with Crippen molar-refractivity contribution in [2.45, 2.75) is 45.7 Å². The Balaban J connectivity index is 1.94. The third-order valence-electron chi connectivity index (χ3n) is 4.07. The summed E-state index contributed by atoms with van der Waals surface area (Å²) in [4.78, 5) is 42.5. The number of aromatic nitrogens is 3. The van der Waals surface area contributed by atoms with Crippen LogP contribution in [0.5, 0.6) is 0 Å². The van der Waals surface area contributed by atoms with E-state index in [0.717, 1.165) is 12.8 Å². The Kier molecular flexibility index (Phi) is 4.42. The Bertz CT molecular complexity index is 852. The highest BCUT2D eigenvalue weighted by Crippen LogP contribution is 2.37. The molecule has 1 fully saturated rings. The third-order valence-corrected chi connectivity index (χ3v) is 5.33. The number of hydrogen-bond acceptors (Lipinski definition) is 6. The van der Waals surface area contributed by atoms with Crippen molar-refractivity contribution < 1.29 is 19.5 Å². The van der Waals surface area contributed by atoms with Crippen LogP contribution >= 0.6 is 11.3 Å². The molecule has 1 aliphatic rings. The van der Waals surface area contributed by atoms with Gasteiger partial charge in [-0.15, -0.1) is 0 Å². The molecule has 132 valence electrons. The highest BCUT2D eigenvalue weighted by molar-refractivity contribution is 7.17. The quantitative estimate of drug-likeness (QED) is 0.791. The highest BCUT2D eigenvalue weighted by Gasteiger charge is 2.39. The number of Topliss-reactive ketones (excluding diaryl/α,β-unsaturated/α-hetero) is 1. The summed E-state index contributed by atoms with van der Waals surface area (Å²) in [7, 11) is 0. The van der Waals surface area contributed by atoms with E-state index in [2.05, 4.69) is 10.1 Å². The molecule has 0 aliphatic heterocycles. The Morgan fingerprint density at radius 3 is 2.60 bits per heavy atom. The average Bonchev–Trinajstić information content (AvgIpc) is 3.10. The number of carbonyl (C=O) groups is 3. The average molecular weight is 362 g/mol. The van der Waals surface area contributed by atoms with Gasteiger partial charge in [-0.2, -0.15) is 5.10 Å². The van der Waals surface area contributed by atoms with Gasteiger partial charge in [-0.25, -0.2) is 14.5 Å². The molecule has 3 rings (SSSR count). The lowest BCUT2D eigenvalue weighted by Gasteiger charge is -2.24. The number of hydrogen-bond donors (Lipinski definition) is 1. The minimum Gasteiger partial charge on any atom is -0.477 e. The maximum Gasteiger partial charge on any atom is 0.354 e. The second-order valence-electron chi connectivity index (χ2n) is 6.05. The van der Waals surface area contributed by atoms with Gasteiger partial charge < -0.3 is 5.11 Å². The van der Waals surface area contributed by atoms with Crippen LogP contribution in [0.15, 0.2) is 12.3 Å². The molecule has 0 saturated heterocycles. The van der Waals surface area contributed by atoms with Gasteiger partial charge >= 0.3 is 5.97 Å². The van der Waals surface area contributed by atoms with Crippen molar-refractivity contribution in [2.75, 3.05) is 4.90 Å². The molecule has 0 radical (unpaired) electrons. The summed E-state index contributed by atoms with van der Waals surface area (Å²) in [5.74, 6) is -1.51. The first-order valence-corrected chi connectivity index (χ1v) is 8.71. The lowest BCUT2D eigenvalue weighted by atomic mass is 10.2. The molecule has 0 aromatic carbocycles. The van der Waals surface area contributed by atoms with Crippen LogP contribution in [0.3, 0.4) is 0 Å². The molecule has 25 heavy (non-hydrogen) atoms. The van der Waals surface area contributed by atoms with Crippen LogP contribution in [0.25, 0.3) is 0 Å². The fourth-order valence-electron chi connectivity index (χ4n) is 2.67. The van der Waals surface area contributed by atoms with Crippen molar-refractivity contribution in [2.24, 2.45) is 0 Å². The number of carbonyl (C=O) groups excluding carboxylic acids is 2. The fourth-order valence-corrected chi connectivity index (χ4v) is 3.71. The third kappa shape index (κ3) is 3.19. The van der Waals surface area contributed by atoms with E-state index in [4.69, 9.17) is 0 Å². The second-order valence-corrected chi connectivity index (χ2v) is 7.03. The van der Waals surface area contributed by atoms with Crippen molar-refractivity contribution in [1.82, 2.24) is 14.8 Å². The molecule has 0 spiro atoms. The first-order valence-electron chi connectivity index (χ1n) is 7.89. The fraction of sp³-hybridized carbons (Fsp3) is 0.438. The maximum atomic E-state index is 13.0. The number of rotatable bonds is 6. The van der Waals surface area contributed by atoms with E-state index < -0.39 is 12.0 Å². The van der Waals surface area contributed by atoms with Gasteiger partial charge in [0.1, 0.15) is 11.7 Å². The lowest BCUT2D eigenvalue weighted by molar-refractivity contribution is -0.121. The lowest BCUT2D eigenvalue weighted by Crippen LogP contribution is -2.39. The van der Waals surface area contributed by atoms with Crippen LogP contribution in [-0.2, 0) is 4.79 Å². The standard InChI is InChI=1S/C16H18N4O4S/c1-8-13(10(3)21)25-16(18-8)19(11-4-5-11)14(22)9(2)20-12(15(23)24)6-7-17-20/h6-7,9,11H,4-5H2,1-3H3,(H,23,24). The van der Waals surface area contributed by atoms with Crippen molar-refractivity contribution in [3.8, 4) is 0 Å². The molecule has 2 heterocycles. The Morgan fingerprint density at radius 2 is 2.08 bits per heavy atom. The molecule has 1 unspecified atom stereocenters. The second kappa shape index (κ2) is 6.40. The number of anilines is 1. The highest BCUT2D eigenvalue weighted by atomic mass is 32.1. The van der Waals surface area contributed by atoms with Crippen molar-refractivity contribution in [1.29, 1.82) is 0 Å². The Morgan fingerprint density at radius 1 is 1.40 bits per heavy atom. The molecule has 9 heteroatoms. The summed E-state index contributed by atoms with van der Waals surface area (Å²) in [6, 6.07) is 0.602. The first kappa shape index (κ1) is 17.3.